The van der Waals surface area contributed by atoms with Crippen LogP contribution in [0.3, 0.4) is 0 Å². The molecule has 0 saturated carbocycles. The molecule has 5 heteroatoms. The Balaban J connectivity index is 0.000000185. The van der Waals surface area contributed by atoms with Crippen molar-refractivity contribution in [2.24, 2.45) is 11.6 Å². The highest BCUT2D eigenvalue weighted by Crippen LogP contribution is 2.21. The van der Waals surface area contributed by atoms with Crippen LogP contribution >= 0.6 is 0 Å². The second kappa shape index (κ2) is 8.36. The minimum atomic E-state index is 0.0694. The largest absolute Gasteiger partial charge is 0.399 e. The van der Waals surface area contributed by atoms with E-state index in [-0.39, 0.29) is 5.84 Å². The van der Waals surface area contributed by atoms with Crippen LogP contribution in [0.1, 0.15) is 5.56 Å². The molecule has 122 valence electrons. The molecule has 0 amide bonds. The molecular formula is C19H21N5. The maximum Gasteiger partial charge on any atom is 0.122 e. The predicted octanol–water partition coefficient (Wildman–Crippen LogP) is 3.19. The van der Waals surface area contributed by atoms with E-state index in [1.165, 1.54) is 11.1 Å². The summed E-state index contributed by atoms with van der Waals surface area (Å²) in [4.78, 5) is 0. The Morgan fingerprint density at radius 3 is 2.00 bits per heavy atom. The number of nitrogens with one attached hydrogen (secondary N) is 2. The van der Waals surface area contributed by atoms with Crippen molar-refractivity contribution in [2.45, 2.75) is 0 Å². The number of amidine groups is 1. The number of hydrogen-bond donors (Lipinski definition) is 5. The van der Waals surface area contributed by atoms with Gasteiger partial charge in [0.05, 0.1) is 0 Å². The smallest absolute Gasteiger partial charge is 0.122 e. The van der Waals surface area contributed by atoms with Gasteiger partial charge in [0.1, 0.15) is 5.84 Å². The van der Waals surface area contributed by atoms with E-state index < -0.39 is 0 Å². The molecule has 0 heterocycles. The number of rotatable bonds is 3. The number of hydrazine groups is 1. The first-order chi connectivity index (χ1) is 11.6. The van der Waals surface area contributed by atoms with Gasteiger partial charge in [-0.05, 0) is 47.5 Å². The standard InChI is InChI=1S/C12H12N2.C7H9N3/c13-14-12-8-4-7-11(9-12)10-5-2-1-3-6-10;8-6-3-1-5(2-4-6)7(9)10/h1-9,14H,13H2;1-4H,8H2,(H3,9,10). The molecule has 0 aliphatic heterocycles. The minimum Gasteiger partial charge on any atom is -0.399 e. The third-order valence-corrected chi connectivity index (χ3v) is 3.36. The van der Waals surface area contributed by atoms with Crippen LogP contribution in [0.4, 0.5) is 11.4 Å². The zero-order valence-corrected chi connectivity index (χ0v) is 13.2. The molecule has 0 radical (unpaired) electrons. The van der Waals surface area contributed by atoms with Gasteiger partial charge in [0.25, 0.3) is 0 Å². The van der Waals surface area contributed by atoms with Gasteiger partial charge in [-0.25, -0.2) is 0 Å². The van der Waals surface area contributed by atoms with E-state index in [4.69, 9.17) is 22.7 Å². The van der Waals surface area contributed by atoms with Gasteiger partial charge in [0, 0.05) is 16.9 Å². The van der Waals surface area contributed by atoms with Crippen molar-refractivity contribution in [3.05, 3.63) is 84.4 Å². The van der Waals surface area contributed by atoms with E-state index in [1.807, 2.05) is 36.4 Å². The van der Waals surface area contributed by atoms with Crippen molar-refractivity contribution in [1.29, 1.82) is 5.41 Å². The lowest BCUT2D eigenvalue weighted by atomic mass is 10.1. The molecule has 0 aromatic heterocycles. The van der Waals surface area contributed by atoms with Crippen LogP contribution in [0, 0.1) is 5.41 Å². The van der Waals surface area contributed by atoms with E-state index >= 15 is 0 Å². The quantitative estimate of drug-likeness (QED) is 0.168. The average molecular weight is 319 g/mol. The van der Waals surface area contributed by atoms with Crippen LogP contribution in [0.15, 0.2) is 78.9 Å². The Labute approximate surface area is 141 Å². The summed E-state index contributed by atoms with van der Waals surface area (Å²) in [6.45, 7) is 0. The molecule has 0 fully saturated rings. The maximum atomic E-state index is 7.04. The van der Waals surface area contributed by atoms with Crippen molar-refractivity contribution >= 4 is 17.2 Å². The molecule has 0 bridgehead atoms. The first kappa shape index (κ1) is 17.1. The van der Waals surface area contributed by atoms with E-state index in [9.17, 15) is 0 Å². The van der Waals surface area contributed by atoms with E-state index in [1.54, 1.807) is 24.3 Å². The van der Waals surface area contributed by atoms with Gasteiger partial charge in [-0.3, -0.25) is 11.3 Å². The molecule has 5 nitrogen and oxygen atoms in total. The molecule has 3 aromatic rings. The Kier molecular flexibility index (Phi) is 5.94. The molecule has 8 N–H and O–H groups in total. The van der Waals surface area contributed by atoms with Gasteiger partial charge < -0.3 is 16.9 Å². The minimum absolute atomic E-state index is 0.0694. The summed E-state index contributed by atoms with van der Waals surface area (Å²) in [6.07, 6.45) is 0. The molecule has 0 aliphatic carbocycles. The number of nitrogens with two attached hydrogens (primary N) is 3. The summed E-state index contributed by atoms with van der Waals surface area (Å²) in [5, 5.41) is 7.04. The zero-order chi connectivity index (χ0) is 17.4. The first-order valence-corrected chi connectivity index (χ1v) is 7.42. The van der Waals surface area contributed by atoms with Gasteiger partial charge >= 0.3 is 0 Å². The maximum absolute atomic E-state index is 7.04. The molecule has 0 aliphatic rings. The fourth-order valence-electron chi connectivity index (χ4n) is 2.08. The van der Waals surface area contributed by atoms with Crippen molar-refractivity contribution in [2.75, 3.05) is 11.2 Å². The summed E-state index contributed by atoms with van der Waals surface area (Å²) in [7, 11) is 0. The van der Waals surface area contributed by atoms with Crippen LogP contribution in [-0.4, -0.2) is 5.84 Å². The number of hydrogen-bond acceptors (Lipinski definition) is 4. The van der Waals surface area contributed by atoms with Crippen LogP contribution in [0.5, 0.6) is 0 Å². The molecular weight excluding hydrogens is 298 g/mol. The summed E-state index contributed by atoms with van der Waals surface area (Å²) in [5.74, 6) is 5.42. The second-order valence-corrected chi connectivity index (χ2v) is 5.13. The van der Waals surface area contributed by atoms with Crippen molar-refractivity contribution < 1.29 is 0 Å². The van der Waals surface area contributed by atoms with Crippen LogP contribution in [0.2, 0.25) is 0 Å². The number of nitrogen functional groups attached to an aromatic ring is 3. The Morgan fingerprint density at radius 1 is 0.792 bits per heavy atom. The third kappa shape index (κ3) is 4.86. The summed E-state index contributed by atoms with van der Waals surface area (Å²) in [6, 6.07) is 25.1. The zero-order valence-electron chi connectivity index (χ0n) is 13.2. The van der Waals surface area contributed by atoms with Gasteiger partial charge in [-0.1, -0.05) is 42.5 Å². The van der Waals surface area contributed by atoms with E-state index in [0.717, 1.165) is 5.69 Å². The highest BCUT2D eigenvalue weighted by molar-refractivity contribution is 5.95. The lowest BCUT2D eigenvalue weighted by Crippen LogP contribution is -2.10. The van der Waals surface area contributed by atoms with Gasteiger partial charge in [0.2, 0.25) is 0 Å². The lowest BCUT2D eigenvalue weighted by Gasteiger charge is -2.04. The second-order valence-electron chi connectivity index (χ2n) is 5.13. The van der Waals surface area contributed by atoms with Crippen molar-refractivity contribution in [1.82, 2.24) is 0 Å². The summed E-state index contributed by atoms with van der Waals surface area (Å²) < 4.78 is 0. The predicted molar refractivity (Wildman–Crippen MR) is 102 cm³/mol. The molecule has 3 rings (SSSR count). The highest BCUT2D eigenvalue weighted by Gasteiger charge is 1.96. The van der Waals surface area contributed by atoms with Crippen LogP contribution < -0.4 is 22.7 Å². The van der Waals surface area contributed by atoms with Crippen LogP contribution in [0.25, 0.3) is 11.1 Å². The molecule has 3 aromatic carbocycles. The molecule has 0 atom stereocenters. The van der Waals surface area contributed by atoms with Crippen molar-refractivity contribution in [3.8, 4) is 11.1 Å². The number of anilines is 2. The Bertz CT molecular complexity index is 782. The average Bonchev–Trinajstić information content (AvgIpc) is 2.63. The molecule has 0 spiro atoms. The molecule has 0 unspecified atom stereocenters. The van der Waals surface area contributed by atoms with Gasteiger partial charge in [-0.15, -0.1) is 0 Å². The monoisotopic (exact) mass is 319 g/mol. The SMILES string of the molecule is N=C(N)c1ccc(N)cc1.NNc1cccc(-c2ccccc2)c1. The van der Waals surface area contributed by atoms with E-state index in [2.05, 4.69) is 23.6 Å². The van der Waals surface area contributed by atoms with Crippen molar-refractivity contribution in [3.63, 3.8) is 0 Å². The number of benzene rings is 3. The van der Waals surface area contributed by atoms with Crippen LogP contribution in [-0.2, 0) is 0 Å². The van der Waals surface area contributed by atoms with Gasteiger partial charge in [0.15, 0.2) is 0 Å². The normalized spacial score (nSPS) is 9.54. The summed E-state index contributed by atoms with van der Waals surface area (Å²) >= 11 is 0. The fraction of sp³-hybridized carbons (Fsp3) is 0. The Hall–Kier alpha value is -3.31. The Morgan fingerprint density at radius 2 is 1.42 bits per heavy atom. The lowest BCUT2D eigenvalue weighted by molar-refractivity contribution is 1.35. The topological polar surface area (TPSA) is 114 Å². The highest BCUT2D eigenvalue weighted by atomic mass is 15.2. The van der Waals surface area contributed by atoms with Gasteiger partial charge in [-0.2, -0.15) is 0 Å². The first-order valence-electron chi connectivity index (χ1n) is 7.42. The fourth-order valence-corrected chi connectivity index (χ4v) is 2.08. The third-order valence-electron chi connectivity index (χ3n) is 3.36. The van der Waals surface area contributed by atoms with E-state index in [0.29, 0.717) is 11.3 Å². The molecule has 0 saturated heterocycles. The molecule has 24 heavy (non-hydrogen) atoms. The summed E-state index contributed by atoms with van der Waals surface area (Å²) in [5.41, 5.74) is 17.9.